The molecule has 142 valence electrons. The van der Waals surface area contributed by atoms with Crippen molar-refractivity contribution in [3.05, 3.63) is 29.3 Å². The van der Waals surface area contributed by atoms with E-state index in [1.54, 1.807) is 4.90 Å². The van der Waals surface area contributed by atoms with Crippen LogP contribution in [0.5, 0.6) is 0 Å². The smallest absolute Gasteiger partial charge is 0.251 e. The monoisotopic (exact) mass is 357 g/mol. The molecule has 0 unspecified atom stereocenters. The number of anilines is 1. The van der Waals surface area contributed by atoms with Crippen molar-refractivity contribution in [2.24, 2.45) is 5.92 Å². The van der Waals surface area contributed by atoms with Crippen molar-refractivity contribution in [1.29, 1.82) is 0 Å². The maximum atomic E-state index is 13.1. The zero-order valence-electron chi connectivity index (χ0n) is 16.6. The van der Waals surface area contributed by atoms with Gasteiger partial charge >= 0.3 is 0 Å². The number of hydrogen-bond acceptors (Lipinski definition) is 3. The van der Waals surface area contributed by atoms with Gasteiger partial charge in [-0.15, -0.1) is 0 Å². The number of rotatable bonds is 4. The van der Waals surface area contributed by atoms with Crippen molar-refractivity contribution in [2.45, 2.75) is 52.0 Å². The molecule has 2 amide bonds. The highest BCUT2D eigenvalue weighted by Gasteiger charge is 2.51. The first-order valence-corrected chi connectivity index (χ1v) is 9.70. The summed E-state index contributed by atoms with van der Waals surface area (Å²) in [6.45, 7) is 11.3. The average molecular weight is 357 g/mol. The number of nitrogens with zero attached hydrogens (tertiary/aromatic N) is 2. The Morgan fingerprint density at radius 3 is 2.42 bits per heavy atom. The maximum Gasteiger partial charge on any atom is 0.251 e. The minimum absolute atomic E-state index is 0.0720. The lowest BCUT2D eigenvalue weighted by Crippen LogP contribution is -2.48. The van der Waals surface area contributed by atoms with Gasteiger partial charge in [-0.1, -0.05) is 13.8 Å². The Hall–Kier alpha value is -1.88. The van der Waals surface area contributed by atoms with Crippen molar-refractivity contribution in [1.82, 2.24) is 10.2 Å². The Balaban J connectivity index is 1.90. The van der Waals surface area contributed by atoms with Crippen molar-refractivity contribution in [3.63, 3.8) is 0 Å². The van der Waals surface area contributed by atoms with Gasteiger partial charge in [0.15, 0.2) is 0 Å². The second-order valence-corrected chi connectivity index (χ2v) is 8.50. The van der Waals surface area contributed by atoms with Crippen LogP contribution in [0.15, 0.2) is 18.2 Å². The standard InChI is InChI=1S/C21H31N3O2/c1-14(2)13-24-10-8-21(9-11-24)17-12-16(19(25)22-15(3)4)6-7-18(17)23(5)20(21)26/h6-7,12,14-15H,8-11,13H2,1-5H3,(H,22,25). The molecular formula is C21H31N3O2. The maximum absolute atomic E-state index is 13.1. The number of likely N-dealkylation sites (tertiary alicyclic amines) is 1. The van der Waals surface area contributed by atoms with E-state index in [1.165, 1.54) is 0 Å². The highest BCUT2D eigenvalue weighted by atomic mass is 16.2. The minimum Gasteiger partial charge on any atom is -0.350 e. The van der Waals surface area contributed by atoms with Gasteiger partial charge in [-0.2, -0.15) is 0 Å². The molecule has 1 fully saturated rings. The summed E-state index contributed by atoms with van der Waals surface area (Å²) >= 11 is 0. The van der Waals surface area contributed by atoms with Crippen molar-refractivity contribution in [3.8, 4) is 0 Å². The largest absolute Gasteiger partial charge is 0.350 e. The molecular weight excluding hydrogens is 326 g/mol. The van der Waals surface area contributed by atoms with Crippen LogP contribution in [0.1, 0.15) is 56.5 Å². The highest BCUT2D eigenvalue weighted by Crippen LogP contribution is 2.47. The van der Waals surface area contributed by atoms with Crippen LogP contribution < -0.4 is 10.2 Å². The fourth-order valence-corrected chi connectivity index (χ4v) is 4.36. The van der Waals surface area contributed by atoms with Gasteiger partial charge in [0.05, 0.1) is 5.41 Å². The molecule has 0 saturated carbocycles. The molecule has 0 radical (unpaired) electrons. The predicted octanol–water partition coefficient (Wildman–Crippen LogP) is 2.79. The van der Waals surface area contributed by atoms with Crippen LogP contribution in [0.25, 0.3) is 0 Å². The number of benzene rings is 1. The van der Waals surface area contributed by atoms with Crippen LogP contribution in [0.2, 0.25) is 0 Å². The Bertz CT molecular complexity index is 703. The summed E-state index contributed by atoms with van der Waals surface area (Å²) in [6, 6.07) is 5.80. The third kappa shape index (κ3) is 3.25. The summed E-state index contributed by atoms with van der Waals surface area (Å²) in [4.78, 5) is 29.8. The number of carbonyl (C=O) groups is 2. The topological polar surface area (TPSA) is 52.7 Å². The summed E-state index contributed by atoms with van der Waals surface area (Å²) < 4.78 is 0. The van der Waals surface area contributed by atoms with Gasteiger partial charge in [0.25, 0.3) is 5.91 Å². The van der Waals surface area contributed by atoms with E-state index in [2.05, 4.69) is 24.1 Å². The molecule has 1 aromatic rings. The zero-order chi connectivity index (χ0) is 19.1. The summed E-state index contributed by atoms with van der Waals surface area (Å²) in [5, 5.41) is 2.95. The van der Waals surface area contributed by atoms with E-state index in [0.717, 1.165) is 43.7 Å². The first-order chi connectivity index (χ1) is 12.2. The number of hydrogen-bond donors (Lipinski definition) is 1. The average Bonchev–Trinajstić information content (AvgIpc) is 2.78. The summed E-state index contributed by atoms with van der Waals surface area (Å²) in [7, 11) is 1.85. The Morgan fingerprint density at radius 1 is 1.19 bits per heavy atom. The Morgan fingerprint density at radius 2 is 1.85 bits per heavy atom. The van der Waals surface area contributed by atoms with Crippen molar-refractivity contribution < 1.29 is 9.59 Å². The second kappa shape index (κ2) is 7.03. The molecule has 0 aliphatic carbocycles. The van der Waals surface area contributed by atoms with E-state index < -0.39 is 5.41 Å². The van der Waals surface area contributed by atoms with Crippen LogP contribution in [-0.4, -0.2) is 49.4 Å². The van der Waals surface area contributed by atoms with E-state index in [4.69, 9.17) is 0 Å². The lowest BCUT2D eigenvalue weighted by atomic mass is 9.73. The number of amides is 2. The second-order valence-electron chi connectivity index (χ2n) is 8.50. The lowest BCUT2D eigenvalue weighted by molar-refractivity contribution is -0.124. The molecule has 5 nitrogen and oxygen atoms in total. The number of carbonyl (C=O) groups excluding carboxylic acids is 2. The molecule has 3 rings (SSSR count). The van der Waals surface area contributed by atoms with Gasteiger partial charge < -0.3 is 15.1 Å². The number of piperidine rings is 1. The van der Waals surface area contributed by atoms with Crippen molar-refractivity contribution >= 4 is 17.5 Å². The summed E-state index contributed by atoms with van der Waals surface area (Å²) in [6.07, 6.45) is 1.65. The molecule has 1 spiro atoms. The molecule has 0 atom stereocenters. The van der Waals surface area contributed by atoms with Gasteiger partial charge in [-0.3, -0.25) is 9.59 Å². The first-order valence-electron chi connectivity index (χ1n) is 9.70. The van der Waals surface area contributed by atoms with Gasteiger partial charge in [0.2, 0.25) is 5.91 Å². The summed E-state index contributed by atoms with van der Waals surface area (Å²) in [5.74, 6) is 0.736. The van der Waals surface area contributed by atoms with Crippen LogP contribution in [0, 0.1) is 5.92 Å². The Kier molecular flexibility index (Phi) is 5.11. The van der Waals surface area contributed by atoms with E-state index in [-0.39, 0.29) is 17.9 Å². The number of likely N-dealkylation sites (N-methyl/N-ethyl adjacent to an activating group) is 1. The lowest BCUT2D eigenvalue weighted by Gasteiger charge is -2.39. The van der Waals surface area contributed by atoms with Crippen LogP contribution in [0.4, 0.5) is 5.69 Å². The van der Waals surface area contributed by atoms with Crippen LogP contribution in [0.3, 0.4) is 0 Å². The third-order valence-corrected chi connectivity index (χ3v) is 5.60. The molecule has 5 heteroatoms. The normalized spacial score (nSPS) is 19.5. The van der Waals surface area contributed by atoms with E-state index in [0.29, 0.717) is 11.5 Å². The van der Waals surface area contributed by atoms with Gasteiger partial charge in [-0.05, 0) is 69.5 Å². The molecule has 1 aromatic carbocycles. The fraction of sp³-hybridized carbons (Fsp3) is 0.619. The molecule has 2 aliphatic rings. The van der Waals surface area contributed by atoms with E-state index >= 15 is 0 Å². The quantitative estimate of drug-likeness (QED) is 0.901. The van der Waals surface area contributed by atoms with Crippen LogP contribution >= 0.6 is 0 Å². The van der Waals surface area contributed by atoms with E-state index in [1.807, 2.05) is 39.1 Å². The predicted molar refractivity (Wildman–Crippen MR) is 105 cm³/mol. The molecule has 2 heterocycles. The first kappa shape index (κ1) is 18.9. The molecule has 0 aromatic heterocycles. The number of fused-ring (bicyclic) bond motifs is 2. The fourth-order valence-electron chi connectivity index (χ4n) is 4.36. The Labute approximate surface area is 156 Å². The molecule has 2 aliphatic heterocycles. The van der Waals surface area contributed by atoms with Crippen LogP contribution in [-0.2, 0) is 10.2 Å². The zero-order valence-corrected chi connectivity index (χ0v) is 16.6. The van der Waals surface area contributed by atoms with E-state index in [9.17, 15) is 9.59 Å². The summed E-state index contributed by atoms with van der Waals surface area (Å²) in [5.41, 5.74) is 2.16. The number of nitrogens with one attached hydrogen (secondary N) is 1. The molecule has 1 saturated heterocycles. The molecule has 0 bridgehead atoms. The van der Waals surface area contributed by atoms with Crippen molar-refractivity contribution in [2.75, 3.05) is 31.6 Å². The minimum atomic E-state index is -0.467. The van der Waals surface area contributed by atoms with Gasteiger partial charge in [0, 0.05) is 30.9 Å². The van der Waals surface area contributed by atoms with Gasteiger partial charge in [0.1, 0.15) is 0 Å². The SMILES string of the molecule is CC(C)CN1CCC2(CC1)C(=O)N(C)c1ccc(C(=O)NC(C)C)cc12. The molecule has 26 heavy (non-hydrogen) atoms. The molecule has 1 N–H and O–H groups in total. The van der Waals surface area contributed by atoms with Gasteiger partial charge in [-0.25, -0.2) is 0 Å². The highest BCUT2D eigenvalue weighted by molar-refractivity contribution is 6.09. The third-order valence-electron chi connectivity index (χ3n) is 5.60.